The van der Waals surface area contributed by atoms with Gasteiger partial charge in [-0.25, -0.2) is 0 Å². The monoisotopic (exact) mass is 251 g/mol. The third-order valence-electron chi connectivity index (χ3n) is 3.52. The molecule has 3 N–H and O–H groups in total. The van der Waals surface area contributed by atoms with Gasteiger partial charge in [0.15, 0.2) is 11.5 Å². The average Bonchev–Trinajstić information content (AvgIpc) is 2.83. The first-order valence-corrected chi connectivity index (χ1v) is 6.40. The van der Waals surface area contributed by atoms with Crippen LogP contribution in [-0.2, 0) is 6.54 Å². The molecular weight excluding hydrogens is 230 g/mol. The molecule has 0 aliphatic heterocycles. The van der Waals surface area contributed by atoms with Crippen LogP contribution in [0.1, 0.15) is 31.2 Å². The van der Waals surface area contributed by atoms with E-state index in [9.17, 15) is 5.11 Å². The third kappa shape index (κ3) is 2.76. The van der Waals surface area contributed by atoms with E-state index in [-0.39, 0.29) is 0 Å². The molecule has 1 saturated carbocycles. The smallest absolute Gasteiger partial charge is 0.165 e. The molecule has 1 fully saturated rings. The molecule has 0 heterocycles. The van der Waals surface area contributed by atoms with E-state index in [1.807, 2.05) is 18.2 Å². The van der Waals surface area contributed by atoms with E-state index in [0.29, 0.717) is 24.7 Å². The number of benzene rings is 1. The van der Waals surface area contributed by atoms with E-state index in [1.165, 1.54) is 0 Å². The highest BCUT2D eigenvalue weighted by atomic mass is 16.5. The lowest BCUT2D eigenvalue weighted by molar-refractivity contribution is 0.000458. The second-order valence-electron chi connectivity index (χ2n) is 4.87. The molecule has 0 radical (unpaired) electrons. The summed E-state index contributed by atoms with van der Waals surface area (Å²) in [4.78, 5) is 0. The SMILES string of the molecule is COc1cccc(CN)c1OCC1(O)CCCC1. The molecule has 4 nitrogen and oxygen atoms in total. The molecule has 0 spiro atoms. The molecule has 2 rings (SSSR count). The Morgan fingerprint density at radius 3 is 2.67 bits per heavy atom. The zero-order valence-electron chi connectivity index (χ0n) is 10.8. The molecule has 1 aliphatic rings. The molecule has 18 heavy (non-hydrogen) atoms. The highest BCUT2D eigenvalue weighted by molar-refractivity contribution is 5.46. The molecule has 0 amide bonds. The second kappa shape index (κ2) is 5.59. The number of para-hydroxylation sites is 1. The Morgan fingerprint density at radius 2 is 2.06 bits per heavy atom. The van der Waals surface area contributed by atoms with E-state index in [2.05, 4.69) is 0 Å². The lowest BCUT2D eigenvalue weighted by Gasteiger charge is -2.24. The summed E-state index contributed by atoms with van der Waals surface area (Å²) in [5.74, 6) is 1.32. The first-order valence-electron chi connectivity index (χ1n) is 6.40. The van der Waals surface area contributed by atoms with Crippen LogP contribution in [0.25, 0.3) is 0 Å². The van der Waals surface area contributed by atoms with Crippen molar-refractivity contribution in [1.29, 1.82) is 0 Å². The Bertz CT molecular complexity index is 378. The Kier molecular flexibility index (Phi) is 4.09. The Labute approximate surface area is 108 Å². The second-order valence-corrected chi connectivity index (χ2v) is 4.87. The maximum atomic E-state index is 10.3. The van der Waals surface area contributed by atoms with Crippen molar-refractivity contribution in [2.24, 2.45) is 5.73 Å². The fourth-order valence-electron chi connectivity index (χ4n) is 2.43. The molecule has 0 bridgehead atoms. The average molecular weight is 251 g/mol. The molecular formula is C14H21NO3. The zero-order valence-corrected chi connectivity index (χ0v) is 10.8. The summed E-state index contributed by atoms with van der Waals surface area (Å²) in [5.41, 5.74) is 5.90. The maximum Gasteiger partial charge on any atom is 0.165 e. The minimum absolute atomic E-state index is 0.306. The summed E-state index contributed by atoms with van der Waals surface area (Å²) in [6, 6.07) is 5.64. The number of nitrogens with two attached hydrogens (primary N) is 1. The molecule has 100 valence electrons. The molecule has 0 saturated heterocycles. The number of aliphatic hydroxyl groups is 1. The number of ether oxygens (including phenoxy) is 2. The first-order chi connectivity index (χ1) is 8.68. The van der Waals surface area contributed by atoms with E-state index in [0.717, 1.165) is 31.2 Å². The summed E-state index contributed by atoms with van der Waals surface area (Å²) in [6.45, 7) is 0.700. The predicted octanol–water partition coefficient (Wildman–Crippen LogP) is 1.84. The summed E-state index contributed by atoms with van der Waals surface area (Å²) >= 11 is 0. The van der Waals surface area contributed by atoms with Crippen LogP contribution in [0.15, 0.2) is 18.2 Å². The Balaban J connectivity index is 2.12. The molecule has 0 unspecified atom stereocenters. The molecule has 0 aromatic heterocycles. The van der Waals surface area contributed by atoms with E-state index in [1.54, 1.807) is 7.11 Å². The molecule has 0 atom stereocenters. The normalized spacial score (nSPS) is 17.7. The van der Waals surface area contributed by atoms with E-state index < -0.39 is 5.60 Å². The Morgan fingerprint density at radius 1 is 1.33 bits per heavy atom. The van der Waals surface area contributed by atoms with Crippen molar-refractivity contribution in [2.45, 2.75) is 37.8 Å². The summed E-state index contributed by atoms with van der Waals surface area (Å²) in [7, 11) is 1.60. The highest BCUT2D eigenvalue weighted by Gasteiger charge is 2.32. The van der Waals surface area contributed by atoms with Gasteiger partial charge in [0.25, 0.3) is 0 Å². The minimum atomic E-state index is -0.688. The van der Waals surface area contributed by atoms with Crippen LogP contribution in [0, 0.1) is 0 Å². The van der Waals surface area contributed by atoms with Gasteiger partial charge in [0.1, 0.15) is 6.61 Å². The van der Waals surface area contributed by atoms with Crippen LogP contribution >= 0.6 is 0 Å². The van der Waals surface area contributed by atoms with Crippen LogP contribution in [-0.4, -0.2) is 24.4 Å². The van der Waals surface area contributed by atoms with Crippen molar-refractivity contribution in [3.8, 4) is 11.5 Å². The van der Waals surface area contributed by atoms with Gasteiger partial charge in [0.05, 0.1) is 12.7 Å². The topological polar surface area (TPSA) is 64.7 Å². The lowest BCUT2D eigenvalue weighted by atomic mass is 10.0. The molecule has 1 aliphatic carbocycles. The Hall–Kier alpha value is -1.26. The van der Waals surface area contributed by atoms with Gasteiger partial charge in [0, 0.05) is 12.1 Å². The minimum Gasteiger partial charge on any atom is -0.493 e. The van der Waals surface area contributed by atoms with Crippen LogP contribution in [0.5, 0.6) is 11.5 Å². The fourth-order valence-corrected chi connectivity index (χ4v) is 2.43. The largest absolute Gasteiger partial charge is 0.493 e. The molecule has 4 heteroatoms. The number of hydrogen-bond donors (Lipinski definition) is 2. The number of hydrogen-bond acceptors (Lipinski definition) is 4. The van der Waals surface area contributed by atoms with Crippen molar-refractivity contribution < 1.29 is 14.6 Å². The van der Waals surface area contributed by atoms with Gasteiger partial charge in [0.2, 0.25) is 0 Å². The standard InChI is InChI=1S/C14H21NO3/c1-17-12-6-4-5-11(9-15)13(12)18-10-14(16)7-2-3-8-14/h4-6,16H,2-3,7-10,15H2,1H3. The van der Waals surface area contributed by atoms with Crippen molar-refractivity contribution in [1.82, 2.24) is 0 Å². The van der Waals surface area contributed by atoms with E-state index >= 15 is 0 Å². The summed E-state index contributed by atoms with van der Waals surface area (Å²) < 4.78 is 11.1. The summed E-state index contributed by atoms with van der Waals surface area (Å²) in [5, 5.41) is 10.3. The van der Waals surface area contributed by atoms with Gasteiger partial charge in [-0.3, -0.25) is 0 Å². The quantitative estimate of drug-likeness (QED) is 0.838. The van der Waals surface area contributed by atoms with Gasteiger partial charge in [-0.15, -0.1) is 0 Å². The van der Waals surface area contributed by atoms with Gasteiger partial charge < -0.3 is 20.3 Å². The van der Waals surface area contributed by atoms with Gasteiger partial charge >= 0.3 is 0 Å². The van der Waals surface area contributed by atoms with Crippen LogP contribution < -0.4 is 15.2 Å². The third-order valence-corrected chi connectivity index (χ3v) is 3.52. The lowest BCUT2D eigenvalue weighted by Crippen LogP contribution is -2.32. The van der Waals surface area contributed by atoms with Crippen LogP contribution in [0.4, 0.5) is 0 Å². The summed E-state index contributed by atoms with van der Waals surface area (Å²) in [6.07, 6.45) is 3.74. The number of rotatable bonds is 5. The van der Waals surface area contributed by atoms with Crippen molar-refractivity contribution in [3.05, 3.63) is 23.8 Å². The van der Waals surface area contributed by atoms with Crippen molar-refractivity contribution in [3.63, 3.8) is 0 Å². The predicted molar refractivity (Wildman–Crippen MR) is 69.8 cm³/mol. The van der Waals surface area contributed by atoms with Crippen LogP contribution in [0.3, 0.4) is 0 Å². The molecule has 1 aromatic rings. The maximum absolute atomic E-state index is 10.3. The van der Waals surface area contributed by atoms with Gasteiger partial charge in [-0.2, -0.15) is 0 Å². The van der Waals surface area contributed by atoms with Crippen LogP contribution in [0.2, 0.25) is 0 Å². The highest BCUT2D eigenvalue weighted by Crippen LogP contribution is 2.34. The van der Waals surface area contributed by atoms with Crippen molar-refractivity contribution in [2.75, 3.05) is 13.7 Å². The fraction of sp³-hybridized carbons (Fsp3) is 0.571. The van der Waals surface area contributed by atoms with Crippen molar-refractivity contribution >= 4 is 0 Å². The number of methoxy groups -OCH3 is 1. The van der Waals surface area contributed by atoms with E-state index in [4.69, 9.17) is 15.2 Å². The van der Waals surface area contributed by atoms with Gasteiger partial charge in [-0.05, 0) is 18.9 Å². The first kappa shape index (κ1) is 13.2. The molecule has 1 aromatic carbocycles. The zero-order chi connectivity index (χ0) is 13.0. The van der Waals surface area contributed by atoms with Gasteiger partial charge in [-0.1, -0.05) is 25.0 Å².